The van der Waals surface area contributed by atoms with Crippen molar-refractivity contribution in [1.82, 2.24) is 10.6 Å². The van der Waals surface area contributed by atoms with Gasteiger partial charge in [0.15, 0.2) is 0 Å². The monoisotopic (exact) mass is 484 g/mol. The van der Waals surface area contributed by atoms with Gasteiger partial charge in [0.05, 0.1) is 24.8 Å². The maximum absolute atomic E-state index is 12.8. The van der Waals surface area contributed by atoms with Gasteiger partial charge in [-0.05, 0) is 36.8 Å². The molecule has 0 saturated heterocycles. The quantitative estimate of drug-likeness (QED) is 0.437. The molecule has 9 heteroatoms. The number of nitrogens with one attached hydrogen (secondary N) is 2. The van der Waals surface area contributed by atoms with Gasteiger partial charge in [-0.2, -0.15) is 0 Å². The molecule has 2 heterocycles. The molecule has 9 nitrogen and oxygen atoms in total. The van der Waals surface area contributed by atoms with Gasteiger partial charge >= 0.3 is 11.6 Å². The minimum absolute atomic E-state index is 0.159. The second-order valence-corrected chi connectivity index (χ2v) is 10.2. The van der Waals surface area contributed by atoms with Crippen molar-refractivity contribution < 1.29 is 28.3 Å². The number of amides is 2. The second kappa shape index (κ2) is 9.56. The third-order valence-corrected chi connectivity index (χ3v) is 6.18. The summed E-state index contributed by atoms with van der Waals surface area (Å²) in [4.78, 5) is 48.6. The van der Waals surface area contributed by atoms with Gasteiger partial charge in [0.1, 0.15) is 17.2 Å². The summed E-state index contributed by atoms with van der Waals surface area (Å²) in [7, 11) is 0. The number of hydrogen-bond donors (Lipinski definition) is 3. The molecule has 0 unspecified atom stereocenters. The SMILES string of the molecule is Cc1c(CC(=O)NCC(=O)N[C@@H](C(=O)O)C(C)C)c(=O)oc2c(C)c3occ(C(C)(C)C)c3cc12. The van der Waals surface area contributed by atoms with E-state index in [0.29, 0.717) is 27.7 Å². The zero-order valence-electron chi connectivity index (χ0n) is 21.1. The van der Waals surface area contributed by atoms with Crippen LogP contribution in [0.4, 0.5) is 0 Å². The van der Waals surface area contributed by atoms with Crippen LogP contribution in [0.2, 0.25) is 0 Å². The highest BCUT2D eigenvalue weighted by molar-refractivity contribution is 6.00. The number of carboxylic acids is 1. The fraction of sp³-hybridized carbons (Fsp3) is 0.462. The Morgan fingerprint density at radius 3 is 2.26 bits per heavy atom. The summed E-state index contributed by atoms with van der Waals surface area (Å²) < 4.78 is 11.4. The van der Waals surface area contributed by atoms with Crippen molar-refractivity contribution in [2.45, 2.75) is 66.3 Å². The summed E-state index contributed by atoms with van der Waals surface area (Å²) in [5, 5.41) is 15.6. The minimum atomic E-state index is -1.15. The number of rotatable bonds is 7. The molecule has 0 radical (unpaired) electrons. The molecule has 0 bridgehead atoms. The number of carbonyl (C=O) groups is 3. The average Bonchev–Trinajstić information content (AvgIpc) is 3.19. The van der Waals surface area contributed by atoms with Crippen molar-refractivity contribution in [3.05, 3.63) is 45.0 Å². The molecule has 3 rings (SSSR count). The first-order valence-electron chi connectivity index (χ1n) is 11.5. The van der Waals surface area contributed by atoms with Crippen LogP contribution in [0.3, 0.4) is 0 Å². The Hall–Kier alpha value is -3.62. The first kappa shape index (κ1) is 26.0. The molecular weight excluding hydrogens is 452 g/mol. The largest absolute Gasteiger partial charge is 0.480 e. The van der Waals surface area contributed by atoms with E-state index in [-0.39, 0.29) is 23.3 Å². The van der Waals surface area contributed by atoms with Gasteiger partial charge in [-0.25, -0.2) is 9.59 Å². The van der Waals surface area contributed by atoms with Crippen molar-refractivity contribution in [3.63, 3.8) is 0 Å². The highest BCUT2D eigenvalue weighted by Crippen LogP contribution is 2.37. The summed E-state index contributed by atoms with van der Waals surface area (Å²) in [5.41, 5.74) is 2.81. The van der Waals surface area contributed by atoms with Crippen molar-refractivity contribution >= 4 is 39.7 Å². The second-order valence-electron chi connectivity index (χ2n) is 10.2. The number of hydrogen-bond acceptors (Lipinski definition) is 6. The lowest BCUT2D eigenvalue weighted by Crippen LogP contribution is -2.48. The maximum atomic E-state index is 12.8. The van der Waals surface area contributed by atoms with Gasteiger partial charge in [-0.3, -0.25) is 9.59 Å². The lowest BCUT2D eigenvalue weighted by atomic mass is 9.86. The van der Waals surface area contributed by atoms with Gasteiger partial charge in [0, 0.05) is 21.9 Å². The van der Waals surface area contributed by atoms with E-state index in [2.05, 4.69) is 31.4 Å². The van der Waals surface area contributed by atoms with Gasteiger partial charge in [0.2, 0.25) is 11.8 Å². The molecule has 35 heavy (non-hydrogen) atoms. The Bertz CT molecular complexity index is 1370. The van der Waals surface area contributed by atoms with Gasteiger partial charge in [0.25, 0.3) is 0 Å². The smallest absolute Gasteiger partial charge is 0.340 e. The molecular formula is C26H32N2O7. The van der Waals surface area contributed by atoms with Gasteiger partial charge in [-0.1, -0.05) is 34.6 Å². The van der Waals surface area contributed by atoms with E-state index in [1.54, 1.807) is 27.0 Å². The number of benzene rings is 1. The molecule has 1 atom stereocenters. The molecule has 0 aliphatic rings. The predicted octanol–water partition coefficient (Wildman–Crippen LogP) is 3.34. The van der Waals surface area contributed by atoms with Crippen LogP contribution in [-0.2, 0) is 26.2 Å². The van der Waals surface area contributed by atoms with Gasteiger partial charge in [-0.15, -0.1) is 0 Å². The molecule has 0 aliphatic heterocycles. The lowest BCUT2D eigenvalue weighted by Gasteiger charge is -2.18. The Balaban J connectivity index is 1.87. The Kier molecular flexibility index (Phi) is 7.10. The topological polar surface area (TPSA) is 139 Å². The summed E-state index contributed by atoms with van der Waals surface area (Å²) >= 11 is 0. The fourth-order valence-corrected chi connectivity index (χ4v) is 4.12. The number of fused-ring (bicyclic) bond motifs is 2. The molecule has 1 aromatic carbocycles. The molecule has 3 aromatic rings. The maximum Gasteiger partial charge on any atom is 0.340 e. The standard InChI is InChI=1S/C26H32N2O7/c1-12(2)21(24(31)32)28-20(30)10-27-19(29)9-16-13(3)15-8-17-18(26(5,6)7)11-34-22(17)14(4)23(15)35-25(16)33/h8,11-12,21H,9-10H2,1-7H3,(H,27,29)(H,28,30)(H,31,32)/t21-/m1/s1. The van der Waals surface area contributed by atoms with Gasteiger partial charge < -0.3 is 24.6 Å². The van der Waals surface area contributed by atoms with Crippen LogP contribution in [0.1, 0.15) is 56.9 Å². The summed E-state index contributed by atoms with van der Waals surface area (Å²) in [6.45, 7) is 12.8. The predicted molar refractivity (Wildman–Crippen MR) is 132 cm³/mol. The zero-order chi connectivity index (χ0) is 26.2. The fourth-order valence-electron chi connectivity index (χ4n) is 4.12. The third-order valence-electron chi connectivity index (χ3n) is 6.18. The summed E-state index contributed by atoms with van der Waals surface area (Å²) in [6.07, 6.45) is 1.44. The van der Waals surface area contributed by atoms with Crippen LogP contribution >= 0.6 is 0 Å². The minimum Gasteiger partial charge on any atom is -0.480 e. The van der Waals surface area contributed by atoms with Crippen LogP contribution in [0.15, 0.2) is 26.0 Å². The van der Waals surface area contributed by atoms with E-state index >= 15 is 0 Å². The molecule has 2 amide bonds. The summed E-state index contributed by atoms with van der Waals surface area (Å²) in [5.74, 6) is -2.65. The van der Waals surface area contributed by atoms with Crippen LogP contribution in [0.25, 0.3) is 21.9 Å². The van der Waals surface area contributed by atoms with E-state index in [1.165, 1.54) is 0 Å². The first-order chi connectivity index (χ1) is 16.2. The Morgan fingerprint density at radius 2 is 1.69 bits per heavy atom. The Morgan fingerprint density at radius 1 is 1.03 bits per heavy atom. The van der Waals surface area contributed by atoms with E-state index < -0.39 is 36.0 Å². The number of aryl methyl sites for hydroxylation is 2. The lowest BCUT2D eigenvalue weighted by molar-refractivity contribution is -0.143. The summed E-state index contributed by atoms with van der Waals surface area (Å²) in [6, 6.07) is 0.863. The van der Waals surface area contributed by atoms with E-state index in [9.17, 15) is 24.3 Å². The number of carbonyl (C=O) groups excluding carboxylic acids is 2. The van der Waals surface area contributed by atoms with Crippen LogP contribution in [-0.4, -0.2) is 35.5 Å². The van der Waals surface area contributed by atoms with Crippen molar-refractivity contribution in [2.75, 3.05) is 6.54 Å². The number of carboxylic acid groups (broad SMARTS) is 1. The average molecular weight is 485 g/mol. The van der Waals surface area contributed by atoms with Crippen LogP contribution in [0, 0.1) is 19.8 Å². The normalized spacial score (nSPS) is 12.8. The molecule has 0 fully saturated rings. The van der Waals surface area contributed by atoms with E-state index in [1.807, 2.05) is 13.0 Å². The van der Waals surface area contributed by atoms with E-state index in [4.69, 9.17) is 8.83 Å². The highest BCUT2D eigenvalue weighted by atomic mass is 16.4. The molecule has 3 N–H and O–H groups in total. The molecule has 0 spiro atoms. The third kappa shape index (κ3) is 5.23. The zero-order valence-corrected chi connectivity index (χ0v) is 21.1. The van der Waals surface area contributed by atoms with Crippen LogP contribution in [0.5, 0.6) is 0 Å². The molecule has 0 saturated carbocycles. The van der Waals surface area contributed by atoms with Crippen molar-refractivity contribution in [1.29, 1.82) is 0 Å². The van der Waals surface area contributed by atoms with Crippen molar-refractivity contribution in [2.24, 2.45) is 5.92 Å². The molecule has 188 valence electrons. The van der Waals surface area contributed by atoms with Crippen LogP contribution < -0.4 is 16.3 Å². The molecule has 0 aliphatic carbocycles. The number of furan rings is 1. The van der Waals surface area contributed by atoms with E-state index in [0.717, 1.165) is 10.9 Å². The number of aliphatic carboxylic acids is 1. The van der Waals surface area contributed by atoms with Crippen molar-refractivity contribution in [3.8, 4) is 0 Å². The Labute approximate surface area is 202 Å². The molecule has 2 aromatic heterocycles. The highest BCUT2D eigenvalue weighted by Gasteiger charge is 2.25. The first-order valence-corrected chi connectivity index (χ1v) is 11.5.